The Morgan fingerprint density at radius 3 is 2.75 bits per heavy atom. The van der Waals surface area contributed by atoms with Crippen LogP contribution in [0.2, 0.25) is 5.02 Å². The Bertz CT molecular complexity index is 455. The number of hydrogen-bond acceptors (Lipinski definition) is 4. The van der Waals surface area contributed by atoms with Crippen LogP contribution >= 0.6 is 11.6 Å². The fraction of sp³-hybridized carbons (Fsp3) is 0.500. The second-order valence-electron chi connectivity index (χ2n) is 4.62. The van der Waals surface area contributed by atoms with Gasteiger partial charge in [0.1, 0.15) is 11.9 Å². The minimum atomic E-state index is -0.693. The van der Waals surface area contributed by atoms with Gasteiger partial charge in [-0.05, 0) is 38.7 Å². The van der Waals surface area contributed by atoms with E-state index < -0.39 is 17.8 Å². The molecule has 1 aromatic carbocycles. The molecule has 20 heavy (non-hydrogen) atoms. The monoisotopic (exact) mass is 302 g/mol. The largest absolute Gasteiger partial charge is 0.465 e. The summed E-state index contributed by atoms with van der Waals surface area (Å²) in [7, 11) is 3.87. The van der Waals surface area contributed by atoms with Gasteiger partial charge < -0.3 is 9.64 Å². The highest BCUT2D eigenvalue weighted by molar-refractivity contribution is 6.30. The van der Waals surface area contributed by atoms with Gasteiger partial charge in [0.05, 0.1) is 11.6 Å². The van der Waals surface area contributed by atoms with Crippen LogP contribution in [0.15, 0.2) is 18.2 Å². The van der Waals surface area contributed by atoms with Crippen molar-refractivity contribution in [3.63, 3.8) is 0 Å². The Kier molecular flexibility index (Phi) is 6.91. The van der Waals surface area contributed by atoms with E-state index in [1.165, 1.54) is 12.1 Å². The Morgan fingerprint density at radius 2 is 2.20 bits per heavy atom. The maximum absolute atomic E-state index is 13.5. The first-order valence-corrected chi connectivity index (χ1v) is 6.83. The van der Waals surface area contributed by atoms with E-state index in [9.17, 15) is 9.18 Å². The highest BCUT2D eigenvalue weighted by atomic mass is 35.5. The van der Waals surface area contributed by atoms with Crippen molar-refractivity contribution in [1.82, 2.24) is 10.2 Å². The molecule has 0 spiro atoms. The molecule has 1 rings (SSSR count). The van der Waals surface area contributed by atoms with Crippen LogP contribution < -0.4 is 5.32 Å². The smallest absolute Gasteiger partial charge is 0.327 e. The normalized spacial score (nSPS) is 12.5. The zero-order valence-corrected chi connectivity index (χ0v) is 12.7. The lowest BCUT2D eigenvalue weighted by Gasteiger charge is -2.19. The van der Waals surface area contributed by atoms with Crippen molar-refractivity contribution in [2.45, 2.75) is 13.0 Å². The molecule has 0 heterocycles. The summed E-state index contributed by atoms with van der Waals surface area (Å²) >= 11 is 5.65. The number of nitrogens with one attached hydrogen (secondary N) is 1. The molecule has 1 atom stereocenters. The van der Waals surface area contributed by atoms with E-state index in [0.29, 0.717) is 12.1 Å². The lowest BCUT2D eigenvalue weighted by molar-refractivity contribution is -0.145. The number of carbonyl (C=O) groups excluding carboxylic acids is 1. The summed E-state index contributed by atoms with van der Waals surface area (Å²) in [6.45, 7) is 3.35. The first-order chi connectivity index (χ1) is 9.45. The summed E-state index contributed by atoms with van der Waals surface area (Å²) in [5.41, 5.74) is 0.504. The topological polar surface area (TPSA) is 41.6 Å². The highest BCUT2D eigenvalue weighted by Crippen LogP contribution is 2.21. The van der Waals surface area contributed by atoms with Crippen molar-refractivity contribution >= 4 is 17.6 Å². The zero-order valence-electron chi connectivity index (χ0n) is 12.0. The van der Waals surface area contributed by atoms with Crippen LogP contribution in [0.5, 0.6) is 0 Å². The summed E-state index contributed by atoms with van der Waals surface area (Å²) in [5, 5.41) is 3.10. The van der Waals surface area contributed by atoms with Crippen LogP contribution in [-0.4, -0.2) is 44.7 Å². The van der Waals surface area contributed by atoms with Gasteiger partial charge in [-0.15, -0.1) is 0 Å². The molecular weight excluding hydrogens is 283 g/mol. The number of rotatable bonds is 7. The van der Waals surface area contributed by atoms with Gasteiger partial charge in [-0.25, -0.2) is 9.18 Å². The minimum absolute atomic E-state index is 0.0321. The van der Waals surface area contributed by atoms with E-state index in [2.05, 4.69) is 5.32 Å². The van der Waals surface area contributed by atoms with Gasteiger partial charge >= 0.3 is 5.97 Å². The molecule has 0 fully saturated rings. The zero-order chi connectivity index (χ0) is 15.1. The number of benzene rings is 1. The summed E-state index contributed by atoms with van der Waals surface area (Å²) in [4.78, 5) is 13.9. The molecular formula is C14H20ClFN2O2. The number of ether oxygens (including phenoxy) is 1. The quantitative estimate of drug-likeness (QED) is 0.784. The molecule has 112 valence electrons. The third-order valence-electron chi connectivity index (χ3n) is 2.71. The van der Waals surface area contributed by atoms with Crippen LogP contribution in [0, 0.1) is 5.82 Å². The predicted octanol–water partition coefficient (Wildman–Crippen LogP) is 2.23. The average Bonchev–Trinajstić information content (AvgIpc) is 2.38. The van der Waals surface area contributed by atoms with Crippen LogP contribution in [0.4, 0.5) is 4.39 Å². The van der Waals surface area contributed by atoms with Crippen molar-refractivity contribution < 1.29 is 13.9 Å². The highest BCUT2D eigenvalue weighted by Gasteiger charge is 2.22. The molecule has 1 aromatic rings. The molecule has 0 radical (unpaired) electrons. The molecule has 0 aromatic heterocycles. The lowest BCUT2D eigenvalue weighted by Crippen LogP contribution is -2.35. The minimum Gasteiger partial charge on any atom is -0.465 e. The number of esters is 1. The van der Waals surface area contributed by atoms with Gasteiger partial charge in [-0.1, -0.05) is 17.7 Å². The SMILES string of the molecule is CCOC(=O)C(NCCN(C)C)c1ccc(Cl)c(F)c1. The van der Waals surface area contributed by atoms with Gasteiger partial charge in [0.2, 0.25) is 0 Å². The molecule has 1 unspecified atom stereocenters. The molecule has 0 aliphatic heterocycles. The van der Waals surface area contributed by atoms with E-state index in [0.717, 1.165) is 6.54 Å². The van der Waals surface area contributed by atoms with Crippen molar-refractivity contribution in [2.24, 2.45) is 0 Å². The van der Waals surface area contributed by atoms with Gasteiger partial charge in [-0.2, -0.15) is 0 Å². The summed E-state index contributed by atoms with van der Waals surface area (Å²) in [6, 6.07) is 3.62. The first-order valence-electron chi connectivity index (χ1n) is 6.45. The van der Waals surface area contributed by atoms with Crippen molar-refractivity contribution in [3.05, 3.63) is 34.6 Å². The van der Waals surface area contributed by atoms with Gasteiger partial charge in [-0.3, -0.25) is 5.32 Å². The van der Waals surface area contributed by atoms with E-state index in [-0.39, 0.29) is 11.6 Å². The van der Waals surface area contributed by atoms with Gasteiger partial charge in [0, 0.05) is 13.1 Å². The fourth-order valence-corrected chi connectivity index (χ4v) is 1.80. The lowest BCUT2D eigenvalue weighted by atomic mass is 10.1. The Labute approximate surface area is 123 Å². The fourth-order valence-electron chi connectivity index (χ4n) is 1.69. The Morgan fingerprint density at radius 1 is 1.50 bits per heavy atom. The van der Waals surface area contributed by atoms with Crippen molar-refractivity contribution in [3.8, 4) is 0 Å². The molecule has 0 bridgehead atoms. The maximum Gasteiger partial charge on any atom is 0.327 e. The van der Waals surface area contributed by atoms with Crippen molar-refractivity contribution in [1.29, 1.82) is 0 Å². The number of hydrogen-bond donors (Lipinski definition) is 1. The van der Waals surface area contributed by atoms with Crippen LogP contribution in [0.3, 0.4) is 0 Å². The molecule has 0 saturated heterocycles. The molecule has 0 aliphatic carbocycles. The number of likely N-dealkylation sites (N-methyl/N-ethyl adjacent to an activating group) is 1. The standard InChI is InChI=1S/C14H20ClFN2O2/c1-4-20-14(19)13(17-7-8-18(2)3)10-5-6-11(15)12(16)9-10/h5-6,9,13,17H,4,7-8H2,1-3H3. The van der Waals surface area contributed by atoms with Crippen LogP contribution in [-0.2, 0) is 9.53 Å². The van der Waals surface area contributed by atoms with Crippen LogP contribution in [0.25, 0.3) is 0 Å². The Hall–Kier alpha value is -1.17. The number of nitrogens with zero attached hydrogens (tertiary/aromatic N) is 1. The van der Waals surface area contributed by atoms with E-state index >= 15 is 0 Å². The summed E-state index contributed by atoms with van der Waals surface area (Å²) < 4.78 is 18.5. The molecule has 0 aliphatic rings. The van der Waals surface area contributed by atoms with Crippen molar-refractivity contribution in [2.75, 3.05) is 33.8 Å². The second kappa shape index (κ2) is 8.19. The van der Waals surface area contributed by atoms with E-state index in [1.54, 1.807) is 13.0 Å². The third kappa shape index (κ3) is 5.07. The molecule has 1 N–H and O–H groups in total. The maximum atomic E-state index is 13.5. The molecule has 6 heteroatoms. The van der Waals surface area contributed by atoms with Crippen LogP contribution in [0.1, 0.15) is 18.5 Å². The number of carbonyl (C=O) groups is 1. The molecule has 4 nitrogen and oxygen atoms in total. The Balaban J connectivity index is 2.85. The van der Waals surface area contributed by atoms with E-state index in [1.807, 2.05) is 19.0 Å². The summed E-state index contributed by atoms with van der Waals surface area (Å²) in [5.74, 6) is -0.971. The van der Waals surface area contributed by atoms with E-state index in [4.69, 9.17) is 16.3 Å². The number of halogens is 2. The summed E-state index contributed by atoms with van der Waals surface area (Å²) in [6.07, 6.45) is 0. The first kappa shape index (κ1) is 16.9. The third-order valence-corrected chi connectivity index (χ3v) is 3.01. The molecule has 0 saturated carbocycles. The second-order valence-corrected chi connectivity index (χ2v) is 5.02. The van der Waals surface area contributed by atoms with Gasteiger partial charge in [0.15, 0.2) is 0 Å². The van der Waals surface area contributed by atoms with Gasteiger partial charge in [0.25, 0.3) is 0 Å². The molecule has 0 amide bonds. The predicted molar refractivity (Wildman–Crippen MR) is 77.3 cm³/mol. The average molecular weight is 303 g/mol.